The Balaban J connectivity index is 2.10. The standard InChI is InChI=1S/C11H16N4O2S2/c1-8-10(11(12)14-15(8)2)19(16,17)13-6-5-9-4-3-7-18-9/h3-4,7,13H,5-6H2,1-2H3,(H2,12,14). The molecule has 0 saturated carbocycles. The lowest BCUT2D eigenvalue weighted by atomic mass is 10.3. The number of sulfonamides is 1. The molecule has 0 aromatic carbocycles. The lowest BCUT2D eigenvalue weighted by Crippen LogP contribution is -2.26. The fourth-order valence-corrected chi connectivity index (χ4v) is 3.84. The molecule has 2 heterocycles. The van der Waals surface area contributed by atoms with E-state index < -0.39 is 10.0 Å². The van der Waals surface area contributed by atoms with E-state index >= 15 is 0 Å². The zero-order valence-electron chi connectivity index (χ0n) is 10.8. The zero-order valence-corrected chi connectivity index (χ0v) is 12.4. The van der Waals surface area contributed by atoms with E-state index in [2.05, 4.69) is 9.82 Å². The van der Waals surface area contributed by atoms with Crippen molar-refractivity contribution < 1.29 is 8.42 Å². The second kappa shape index (κ2) is 5.32. The van der Waals surface area contributed by atoms with Gasteiger partial charge < -0.3 is 5.73 Å². The molecule has 0 bridgehead atoms. The highest BCUT2D eigenvalue weighted by Gasteiger charge is 2.23. The second-order valence-electron chi connectivity index (χ2n) is 4.15. The highest BCUT2D eigenvalue weighted by molar-refractivity contribution is 7.89. The Kier molecular flexibility index (Phi) is 3.93. The Bertz CT molecular complexity index is 659. The van der Waals surface area contributed by atoms with Gasteiger partial charge in [-0.25, -0.2) is 13.1 Å². The van der Waals surface area contributed by atoms with Crippen molar-refractivity contribution >= 4 is 27.2 Å². The summed E-state index contributed by atoms with van der Waals surface area (Å²) in [4.78, 5) is 1.21. The van der Waals surface area contributed by atoms with Crippen molar-refractivity contribution in [2.75, 3.05) is 12.3 Å². The molecule has 2 aromatic heterocycles. The number of aromatic nitrogens is 2. The molecule has 0 amide bonds. The normalized spacial score (nSPS) is 11.9. The molecule has 0 fully saturated rings. The monoisotopic (exact) mass is 300 g/mol. The molecule has 104 valence electrons. The number of nitrogens with two attached hydrogens (primary N) is 1. The van der Waals surface area contributed by atoms with Crippen molar-refractivity contribution in [3.63, 3.8) is 0 Å². The number of anilines is 1. The van der Waals surface area contributed by atoms with Crippen LogP contribution in [0, 0.1) is 6.92 Å². The number of thiophene rings is 1. The van der Waals surface area contributed by atoms with Crippen LogP contribution in [-0.2, 0) is 23.5 Å². The number of nitrogens with zero attached hydrogens (tertiary/aromatic N) is 2. The predicted octanol–water partition coefficient (Wildman–Crippen LogP) is 0.893. The Morgan fingerprint density at radius 1 is 1.53 bits per heavy atom. The fraction of sp³-hybridized carbons (Fsp3) is 0.364. The van der Waals surface area contributed by atoms with Crippen molar-refractivity contribution in [3.05, 3.63) is 28.1 Å². The van der Waals surface area contributed by atoms with E-state index in [1.165, 1.54) is 4.68 Å². The first-order valence-electron chi connectivity index (χ1n) is 5.73. The van der Waals surface area contributed by atoms with Crippen molar-refractivity contribution in [3.8, 4) is 0 Å². The van der Waals surface area contributed by atoms with E-state index in [1.54, 1.807) is 25.3 Å². The summed E-state index contributed by atoms with van der Waals surface area (Å²) in [5, 5.41) is 5.88. The average Bonchev–Trinajstić information content (AvgIpc) is 2.88. The molecule has 19 heavy (non-hydrogen) atoms. The first-order valence-corrected chi connectivity index (χ1v) is 8.09. The van der Waals surface area contributed by atoms with Gasteiger partial charge in [0.2, 0.25) is 10.0 Å². The summed E-state index contributed by atoms with van der Waals surface area (Å²) < 4.78 is 28.4. The Morgan fingerprint density at radius 3 is 2.79 bits per heavy atom. The lowest BCUT2D eigenvalue weighted by molar-refractivity contribution is 0.581. The summed E-state index contributed by atoms with van der Waals surface area (Å²) in [6.07, 6.45) is 0.663. The van der Waals surface area contributed by atoms with Crippen LogP contribution in [0.3, 0.4) is 0 Å². The smallest absolute Gasteiger partial charge is 0.246 e. The van der Waals surface area contributed by atoms with E-state index in [9.17, 15) is 8.42 Å². The summed E-state index contributed by atoms with van der Waals surface area (Å²) in [5.74, 6) is 0.0311. The number of hydrogen-bond acceptors (Lipinski definition) is 5. The van der Waals surface area contributed by atoms with E-state index in [0.717, 1.165) is 4.88 Å². The van der Waals surface area contributed by atoms with Crippen LogP contribution < -0.4 is 10.5 Å². The number of aryl methyl sites for hydroxylation is 1. The molecular formula is C11H16N4O2S2. The van der Waals surface area contributed by atoms with Crippen molar-refractivity contribution in [2.24, 2.45) is 7.05 Å². The maximum atomic E-state index is 12.2. The van der Waals surface area contributed by atoms with Crippen LogP contribution in [0.2, 0.25) is 0 Å². The van der Waals surface area contributed by atoms with Crippen LogP contribution in [0.4, 0.5) is 5.82 Å². The highest BCUT2D eigenvalue weighted by Crippen LogP contribution is 2.20. The van der Waals surface area contributed by atoms with Gasteiger partial charge in [-0.05, 0) is 24.8 Å². The van der Waals surface area contributed by atoms with Crippen molar-refractivity contribution in [1.29, 1.82) is 0 Å². The molecule has 0 unspecified atom stereocenters. The highest BCUT2D eigenvalue weighted by atomic mass is 32.2. The Hall–Kier alpha value is -1.38. The summed E-state index contributed by atoms with van der Waals surface area (Å²) in [5.41, 5.74) is 6.17. The molecule has 3 N–H and O–H groups in total. The minimum absolute atomic E-state index is 0.0311. The molecule has 8 heteroatoms. The van der Waals surface area contributed by atoms with Gasteiger partial charge in [0.25, 0.3) is 0 Å². The Morgan fingerprint density at radius 2 is 2.26 bits per heavy atom. The third kappa shape index (κ3) is 2.96. The van der Waals surface area contributed by atoms with E-state index in [-0.39, 0.29) is 10.7 Å². The number of nitrogens with one attached hydrogen (secondary N) is 1. The zero-order chi connectivity index (χ0) is 14.0. The van der Waals surface area contributed by atoms with E-state index in [1.807, 2.05) is 17.5 Å². The van der Waals surface area contributed by atoms with Crippen LogP contribution in [0.15, 0.2) is 22.4 Å². The lowest BCUT2D eigenvalue weighted by Gasteiger charge is -2.06. The summed E-state index contributed by atoms with van der Waals surface area (Å²) in [6.45, 7) is 2.02. The molecule has 0 aliphatic heterocycles. The van der Waals surface area contributed by atoms with Gasteiger partial charge in [0.05, 0.1) is 5.69 Å². The molecule has 2 rings (SSSR count). The first-order chi connectivity index (χ1) is 8.92. The quantitative estimate of drug-likeness (QED) is 0.858. The molecular weight excluding hydrogens is 284 g/mol. The SMILES string of the molecule is Cc1c(S(=O)(=O)NCCc2cccs2)c(N)nn1C. The van der Waals surface area contributed by atoms with Crippen LogP contribution in [0.1, 0.15) is 10.6 Å². The number of nitrogen functional groups attached to an aromatic ring is 1. The van der Waals surface area contributed by atoms with Crippen LogP contribution >= 0.6 is 11.3 Å². The van der Waals surface area contributed by atoms with Gasteiger partial charge >= 0.3 is 0 Å². The molecule has 0 aliphatic rings. The average molecular weight is 300 g/mol. The van der Waals surface area contributed by atoms with Crippen LogP contribution in [0.25, 0.3) is 0 Å². The van der Waals surface area contributed by atoms with Crippen molar-refractivity contribution in [2.45, 2.75) is 18.2 Å². The minimum Gasteiger partial charge on any atom is -0.381 e. The molecule has 0 saturated heterocycles. The van der Waals surface area contributed by atoms with Crippen LogP contribution in [-0.4, -0.2) is 24.7 Å². The second-order valence-corrected chi connectivity index (χ2v) is 6.89. The Labute approximate surface area is 116 Å². The molecule has 0 atom stereocenters. The molecule has 0 radical (unpaired) electrons. The minimum atomic E-state index is -3.61. The molecule has 0 aliphatic carbocycles. The first kappa shape index (κ1) is 14.0. The van der Waals surface area contributed by atoms with Gasteiger partial charge in [0.1, 0.15) is 4.90 Å². The van der Waals surface area contributed by atoms with E-state index in [0.29, 0.717) is 18.7 Å². The maximum Gasteiger partial charge on any atom is 0.246 e. The summed E-state index contributed by atoms with van der Waals surface area (Å²) in [6, 6.07) is 3.92. The predicted molar refractivity (Wildman–Crippen MR) is 75.6 cm³/mol. The third-order valence-corrected chi connectivity index (χ3v) is 5.38. The molecule has 2 aromatic rings. The number of rotatable bonds is 5. The number of hydrogen-bond donors (Lipinski definition) is 2. The fourth-order valence-electron chi connectivity index (χ4n) is 1.78. The van der Waals surface area contributed by atoms with Gasteiger partial charge in [-0.15, -0.1) is 11.3 Å². The van der Waals surface area contributed by atoms with Crippen LogP contribution in [0.5, 0.6) is 0 Å². The largest absolute Gasteiger partial charge is 0.381 e. The summed E-state index contributed by atoms with van der Waals surface area (Å²) >= 11 is 1.60. The van der Waals surface area contributed by atoms with Gasteiger partial charge in [-0.2, -0.15) is 5.10 Å². The van der Waals surface area contributed by atoms with Gasteiger partial charge in [-0.3, -0.25) is 4.68 Å². The van der Waals surface area contributed by atoms with Gasteiger partial charge in [0.15, 0.2) is 5.82 Å². The van der Waals surface area contributed by atoms with Crippen molar-refractivity contribution in [1.82, 2.24) is 14.5 Å². The van der Waals surface area contributed by atoms with Gasteiger partial charge in [-0.1, -0.05) is 6.07 Å². The molecule has 6 nitrogen and oxygen atoms in total. The topological polar surface area (TPSA) is 90.0 Å². The van der Waals surface area contributed by atoms with E-state index in [4.69, 9.17) is 5.73 Å². The van der Waals surface area contributed by atoms with Gasteiger partial charge in [0, 0.05) is 18.5 Å². The third-order valence-electron chi connectivity index (χ3n) is 2.82. The maximum absolute atomic E-state index is 12.2. The summed E-state index contributed by atoms with van der Waals surface area (Å²) in [7, 11) is -1.94. The molecule has 0 spiro atoms.